The summed E-state index contributed by atoms with van der Waals surface area (Å²) in [5.41, 5.74) is 3.32. The molecule has 0 aromatic heterocycles. The molecule has 4 rings (SSSR count). The average molecular weight is 571 g/mol. The zero-order valence-electron chi connectivity index (χ0n) is 23.2. The SMILES string of the molecule is C=CCc1cc(/C=C2/NC(=O)N(CC(=O)Nc3cccc(C)c3)C2=O)cc(OCC)c1OCc1cccc([N+](=O)[O-])c1. The molecule has 1 aliphatic rings. The summed E-state index contributed by atoms with van der Waals surface area (Å²) in [6.45, 7) is 7.43. The number of benzene rings is 3. The highest BCUT2D eigenvalue weighted by atomic mass is 16.6. The van der Waals surface area contributed by atoms with Gasteiger partial charge in [0.25, 0.3) is 11.6 Å². The number of non-ortho nitro benzene ring substituents is 1. The molecule has 1 saturated heterocycles. The van der Waals surface area contributed by atoms with Gasteiger partial charge in [-0.3, -0.25) is 19.7 Å². The zero-order valence-corrected chi connectivity index (χ0v) is 23.2. The van der Waals surface area contributed by atoms with Crippen molar-refractivity contribution >= 4 is 35.3 Å². The van der Waals surface area contributed by atoms with Gasteiger partial charge in [-0.1, -0.05) is 30.3 Å². The average Bonchev–Trinajstić information content (AvgIpc) is 3.20. The van der Waals surface area contributed by atoms with Crippen LogP contribution in [0.4, 0.5) is 16.2 Å². The minimum absolute atomic E-state index is 0.000575. The second-order valence-corrected chi connectivity index (χ2v) is 9.45. The van der Waals surface area contributed by atoms with E-state index in [4.69, 9.17) is 9.47 Å². The van der Waals surface area contributed by atoms with E-state index in [1.54, 1.807) is 48.5 Å². The highest BCUT2D eigenvalue weighted by Gasteiger charge is 2.35. The van der Waals surface area contributed by atoms with Crippen LogP contribution in [0.2, 0.25) is 0 Å². The predicted octanol–water partition coefficient (Wildman–Crippen LogP) is 5.14. The molecule has 1 heterocycles. The molecule has 0 bridgehead atoms. The number of allylic oxidation sites excluding steroid dienone is 1. The number of amides is 4. The van der Waals surface area contributed by atoms with Crippen molar-refractivity contribution in [2.24, 2.45) is 0 Å². The molecule has 4 amide bonds. The molecule has 1 aliphatic heterocycles. The third kappa shape index (κ3) is 7.19. The maximum absolute atomic E-state index is 13.1. The van der Waals surface area contributed by atoms with Gasteiger partial charge in [-0.05, 0) is 67.3 Å². The molecule has 0 aliphatic carbocycles. The molecule has 42 heavy (non-hydrogen) atoms. The highest BCUT2D eigenvalue weighted by molar-refractivity contribution is 6.16. The van der Waals surface area contributed by atoms with Gasteiger partial charge >= 0.3 is 6.03 Å². The summed E-state index contributed by atoms with van der Waals surface area (Å²) in [5, 5.41) is 16.4. The van der Waals surface area contributed by atoms with Gasteiger partial charge in [-0.25, -0.2) is 9.69 Å². The normalized spacial score (nSPS) is 13.6. The summed E-state index contributed by atoms with van der Waals surface area (Å²) < 4.78 is 11.9. The van der Waals surface area contributed by atoms with E-state index in [0.717, 1.165) is 10.5 Å². The maximum atomic E-state index is 13.1. The van der Waals surface area contributed by atoms with Gasteiger partial charge in [-0.15, -0.1) is 6.58 Å². The number of nitro benzene ring substituents is 1. The number of nitrogens with zero attached hydrogens (tertiary/aromatic N) is 2. The van der Waals surface area contributed by atoms with Crippen molar-refractivity contribution in [2.45, 2.75) is 26.9 Å². The van der Waals surface area contributed by atoms with Crippen LogP contribution in [0, 0.1) is 17.0 Å². The fraction of sp³-hybridized carbons (Fsp3) is 0.194. The molecule has 0 atom stereocenters. The maximum Gasteiger partial charge on any atom is 0.329 e. The zero-order chi connectivity index (χ0) is 30.2. The number of carbonyl (C=O) groups excluding carboxylic acids is 3. The molecular weight excluding hydrogens is 540 g/mol. The van der Waals surface area contributed by atoms with Gasteiger partial charge in [0.15, 0.2) is 11.5 Å². The number of ether oxygens (including phenoxy) is 2. The topological polar surface area (TPSA) is 140 Å². The summed E-state index contributed by atoms with van der Waals surface area (Å²) in [7, 11) is 0. The van der Waals surface area contributed by atoms with Gasteiger partial charge < -0.3 is 20.1 Å². The van der Waals surface area contributed by atoms with Crippen molar-refractivity contribution < 1.29 is 28.8 Å². The Morgan fingerprint density at radius 1 is 1.12 bits per heavy atom. The minimum Gasteiger partial charge on any atom is -0.490 e. The van der Waals surface area contributed by atoms with Gasteiger partial charge in [0, 0.05) is 23.4 Å². The number of imide groups is 1. The number of rotatable bonds is 12. The molecule has 11 nitrogen and oxygen atoms in total. The summed E-state index contributed by atoms with van der Waals surface area (Å²) in [6, 6.07) is 16.1. The molecule has 3 aromatic rings. The molecule has 1 fully saturated rings. The summed E-state index contributed by atoms with van der Waals surface area (Å²) >= 11 is 0. The largest absolute Gasteiger partial charge is 0.490 e. The lowest BCUT2D eigenvalue weighted by molar-refractivity contribution is -0.384. The quantitative estimate of drug-likeness (QED) is 0.101. The van der Waals surface area contributed by atoms with Crippen LogP contribution in [0.25, 0.3) is 6.08 Å². The smallest absolute Gasteiger partial charge is 0.329 e. The van der Waals surface area contributed by atoms with Crippen molar-refractivity contribution in [1.82, 2.24) is 10.2 Å². The molecule has 216 valence electrons. The molecule has 0 saturated carbocycles. The first-order valence-corrected chi connectivity index (χ1v) is 13.2. The van der Waals surface area contributed by atoms with Crippen LogP contribution in [0.1, 0.15) is 29.2 Å². The minimum atomic E-state index is -0.709. The van der Waals surface area contributed by atoms with Gasteiger partial charge in [0.05, 0.1) is 11.5 Å². The van der Waals surface area contributed by atoms with Crippen molar-refractivity contribution in [3.63, 3.8) is 0 Å². The second-order valence-electron chi connectivity index (χ2n) is 9.45. The first-order chi connectivity index (χ1) is 20.2. The number of carbonyl (C=O) groups is 3. The van der Waals surface area contributed by atoms with Crippen LogP contribution >= 0.6 is 0 Å². The fourth-order valence-corrected chi connectivity index (χ4v) is 4.36. The van der Waals surface area contributed by atoms with Crippen LogP contribution in [0.15, 0.2) is 79.0 Å². The molecule has 0 radical (unpaired) electrons. The highest BCUT2D eigenvalue weighted by Crippen LogP contribution is 2.35. The third-order valence-corrected chi connectivity index (χ3v) is 6.20. The van der Waals surface area contributed by atoms with E-state index in [9.17, 15) is 24.5 Å². The molecule has 2 N–H and O–H groups in total. The monoisotopic (exact) mass is 570 g/mol. The Bertz CT molecular complexity index is 1580. The number of nitro groups is 1. The Hall–Kier alpha value is -5.45. The summed E-state index contributed by atoms with van der Waals surface area (Å²) in [4.78, 5) is 49.7. The second kappa shape index (κ2) is 13.3. The Balaban J connectivity index is 1.55. The van der Waals surface area contributed by atoms with Gasteiger partial charge in [0.2, 0.25) is 5.91 Å². The summed E-state index contributed by atoms with van der Waals surface area (Å²) in [5.74, 6) is -0.335. The van der Waals surface area contributed by atoms with Gasteiger partial charge in [-0.2, -0.15) is 0 Å². The Kier molecular flexibility index (Phi) is 9.33. The lowest BCUT2D eigenvalue weighted by Gasteiger charge is -2.17. The summed E-state index contributed by atoms with van der Waals surface area (Å²) in [6.07, 6.45) is 3.57. The Morgan fingerprint density at radius 3 is 2.62 bits per heavy atom. The lowest BCUT2D eigenvalue weighted by Crippen LogP contribution is -2.38. The lowest BCUT2D eigenvalue weighted by atomic mass is 10.0. The van der Waals surface area contributed by atoms with Crippen molar-refractivity contribution in [1.29, 1.82) is 0 Å². The fourth-order valence-electron chi connectivity index (χ4n) is 4.36. The van der Waals surface area contributed by atoms with Crippen LogP contribution in [-0.2, 0) is 22.6 Å². The first kappa shape index (κ1) is 29.5. The molecule has 0 unspecified atom stereocenters. The van der Waals surface area contributed by atoms with Crippen LogP contribution in [-0.4, -0.2) is 40.8 Å². The molecule has 0 spiro atoms. The van der Waals surface area contributed by atoms with Gasteiger partial charge in [0.1, 0.15) is 18.8 Å². The third-order valence-electron chi connectivity index (χ3n) is 6.20. The first-order valence-electron chi connectivity index (χ1n) is 13.2. The number of nitrogens with one attached hydrogen (secondary N) is 2. The molecule has 3 aromatic carbocycles. The van der Waals surface area contributed by atoms with Crippen molar-refractivity contribution in [3.8, 4) is 11.5 Å². The van der Waals surface area contributed by atoms with Crippen LogP contribution in [0.5, 0.6) is 11.5 Å². The number of urea groups is 1. The standard InChI is InChI=1S/C31H30N4O7/c1-4-8-23-14-22(17-27(41-5-2)29(23)42-19-21-10-7-12-25(15-21)35(39)40)16-26-30(37)34(31(38)33-26)18-28(36)32-24-11-6-9-20(3)13-24/h4,6-7,9-17H,1,5,8,18-19H2,2-3H3,(H,32,36)(H,33,38)/b26-16+. The van der Waals surface area contributed by atoms with E-state index < -0.39 is 29.3 Å². The predicted molar refractivity (Wildman–Crippen MR) is 157 cm³/mol. The number of anilines is 1. The van der Waals surface area contributed by atoms with Crippen molar-refractivity contribution in [3.05, 3.63) is 111 Å². The number of aryl methyl sites for hydroxylation is 1. The van der Waals surface area contributed by atoms with Crippen molar-refractivity contribution in [2.75, 3.05) is 18.5 Å². The van der Waals surface area contributed by atoms with E-state index >= 15 is 0 Å². The molecular formula is C31H30N4O7. The van der Waals surface area contributed by atoms with E-state index in [1.165, 1.54) is 18.2 Å². The molecule has 11 heteroatoms. The Morgan fingerprint density at radius 2 is 1.90 bits per heavy atom. The van der Waals surface area contributed by atoms with Crippen LogP contribution < -0.4 is 20.1 Å². The van der Waals surface area contributed by atoms with Crippen LogP contribution in [0.3, 0.4) is 0 Å². The van der Waals surface area contributed by atoms with E-state index in [2.05, 4.69) is 17.2 Å². The number of hydrogen-bond acceptors (Lipinski definition) is 7. The Labute approximate surface area is 242 Å². The number of hydrogen-bond donors (Lipinski definition) is 2. The van der Waals surface area contributed by atoms with E-state index in [0.29, 0.717) is 46.9 Å². The van der Waals surface area contributed by atoms with E-state index in [-0.39, 0.29) is 18.0 Å². The van der Waals surface area contributed by atoms with E-state index in [1.807, 2.05) is 19.9 Å².